The molecule has 21 heavy (non-hydrogen) atoms. The first kappa shape index (κ1) is 16.0. The van der Waals surface area contributed by atoms with Gasteiger partial charge in [0.1, 0.15) is 0 Å². The number of morpholine rings is 1. The van der Waals surface area contributed by atoms with Crippen LogP contribution in [0.2, 0.25) is 0 Å². The van der Waals surface area contributed by atoms with Gasteiger partial charge in [0.15, 0.2) is 0 Å². The van der Waals surface area contributed by atoms with Gasteiger partial charge in [-0.1, -0.05) is 20.3 Å². The molecule has 0 aromatic carbocycles. The van der Waals surface area contributed by atoms with Crippen LogP contribution in [0, 0.1) is 0 Å². The number of hydrogen-bond acceptors (Lipinski definition) is 5. The standard InChI is InChI=1S/C15H26N4O2/c1-3-5-13(16-4-2)12-19-15(20)10-14(11-17-19)18-6-8-21-9-7-18/h10-11,13,16H,3-9,12H2,1-2H3. The molecule has 118 valence electrons. The maximum Gasteiger partial charge on any atom is 0.268 e. The van der Waals surface area contributed by atoms with Gasteiger partial charge in [-0.25, -0.2) is 4.68 Å². The van der Waals surface area contributed by atoms with Crippen LogP contribution in [0.25, 0.3) is 0 Å². The Labute approximate surface area is 126 Å². The second kappa shape index (κ2) is 8.14. The molecular formula is C15H26N4O2. The first-order chi connectivity index (χ1) is 10.2. The predicted molar refractivity (Wildman–Crippen MR) is 83.9 cm³/mol. The Morgan fingerprint density at radius 2 is 2.14 bits per heavy atom. The van der Waals surface area contributed by atoms with Crippen molar-refractivity contribution >= 4 is 5.69 Å². The van der Waals surface area contributed by atoms with E-state index >= 15 is 0 Å². The molecule has 0 spiro atoms. The van der Waals surface area contributed by atoms with Gasteiger partial charge in [0, 0.05) is 25.2 Å². The quantitative estimate of drug-likeness (QED) is 0.808. The van der Waals surface area contributed by atoms with Crippen LogP contribution in [0.4, 0.5) is 5.69 Å². The van der Waals surface area contributed by atoms with E-state index in [4.69, 9.17) is 4.74 Å². The van der Waals surface area contributed by atoms with E-state index in [2.05, 4.69) is 29.2 Å². The van der Waals surface area contributed by atoms with Crippen LogP contribution in [0.1, 0.15) is 26.7 Å². The van der Waals surface area contributed by atoms with Crippen molar-refractivity contribution in [2.45, 2.75) is 39.3 Å². The molecule has 1 aromatic heterocycles. The molecule has 0 saturated carbocycles. The molecular weight excluding hydrogens is 268 g/mol. The molecule has 1 unspecified atom stereocenters. The molecule has 0 bridgehead atoms. The summed E-state index contributed by atoms with van der Waals surface area (Å²) < 4.78 is 6.89. The number of rotatable bonds is 7. The van der Waals surface area contributed by atoms with E-state index in [-0.39, 0.29) is 5.56 Å². The number of ether oxygens (including phenoxy) is 1. The van der Waals surface area contributed by atoms with E-state index in [0.717, 1.165) is 38.2 Å². The second-order valence-electron chi connectivity index (χ2n) is 5.38. The summed E-state index contributed by atoms with van der Waals surface area (Å²) >= 11 is 0. The van der Waals surface area contributed by atoms with Gasteiger partial charge >= 0.3 is 0 Å². The van der Waals surface area contributed by atoms with Crippen molar-refractivity contribution in [2.75, 3.05) is 37.7 Å². The third-order valence-corrected chi connectivity index (χ3v) is 3.75. The summed E-state index contributed by atoms with van der Waals surface area (Å²) in [6.07, 6.45) is 3.94. The molecule has 0 amide bonds. The zero-order valence-corrected chi connectivity index (χ0v) is 13.0. The van der Waals surface area contributed by atoms with Gasteiger partial charge in [0.2, 0.25) is 0 Å². The van der Waals surface area contributed by atoms with E-state index in [1.54, 1.807) is 16.9 Å². The van der Waals surface area contributed by atoms with Crippen molar-refractivity contribution in [1.82, 2.24) is 15.1 Å². The van der Waals surface area contributed by atoms with E-state index < -0.39 is 0 Å². The molecule has 1 saturated heterocycles. The van der Waals surface area contributed by atoms with Crippen molar-refractivity contribution in [3.63, 3.8) is 0 Å². The zero-order chi connectivity index (χ0) is 15.1. The lowest BCUT2D eigenvalue weighted by Gasteiger charge is -2.28. The fourth-order valence-electron chi connectivity index (χ4n) is 2.66. The van der Waals surface area contributed by atoms with Gasteiger partial charge in [0.25, 0.3) is 5.56 Å². The lowest BCUT2D eigenvalue weighted by molar-refractivity contribution is 0.122. The number of nitrogens with one attached hydrogen (secondary N) is 1. The molecule has 1 atom stereocenters. The van der Waals surface area contributed by atoms with Crippen molar-refractivity contribution in [3.05, 3.63) is 22.6 Å². The average molecular weight is 294 g/mol. The van der Waals surface area contributed by atoms with Crippen LogP contribution in [0.3, 0.4) is 0 Å². The van der Waals surface area contributed by atoms with Gasteiger partial charge in [0.05, 0.1) is 31.6 Å². The van der Waals surface area contributed by atoms with E-state index in [0.29, 0.717) is 25.8 Å². The highest BCUT2D eigenvalue weighted by molar-refractivity contribution is 5.43. The topological polar surface area (TPSA) is 59.4 Å². The van der Waals surface area contributed by atoms with Crippen molar-refractivity contribution in [2.24, 2.45) is 0 Å². The summed E-state index contributed by atoms with van der Waals surface area (Å²) in [4.78, 5) is 14.4. The maximum atomic E-state index is 12.2. The Balaban J connectivity index is 2.05. The summed E-state index contributed by atoms with van der Waals surface area (Å²) in [7, 11) is 0. The number of aromatic nitrogens is 2. The third kappa shape index (κ3) is 4.54. The van der Waals surface area contributed by atoms with Crippen LogP contribution < -0.4 is 15.8 Å². The van der Waals surface area contributed by atoms with Crippen molar-refractivity contribution in [3.8, 4) is 0 Å². The summed E-state index contributed by atoms with van der Waals surface area (Å²) in [6, 6.07) is 1.99. The van der Waals surface area contributed by atoms with Crippen LogP contribution in [-0.4, -0.2) is 48.7 Å². The molecule has 2 heterocycles. The van der Waals surface area contributed by atoms with E-state index in [1.807, 2.05) is 0 Å². The Hall–Kier alpha value is -1.40. The molecule has 1 aliphatic rings. The summed E-state index contributed by atoms with van der Waals surface area (Å²) in [5.41, 5.74) is 0.869. The molecule has 6 heteroatoms. The first-order valence-electron chi connectivity index (χ1n) is 7.87. The first-order valence-corrected chi connectivity index (χ1v) is 7.87. The van der Waals surface area contributed by atoms with Crippen molar-refractivity contribution in [1.29, 1.82) is 0 Å². The Kier molecular flexibility index (Phi) is 6.20. The summed E-state index contributed by atoms with van der Waals surface area (Å²) in [5, 5.41) is 7.75. The van der Waals surface area contributed by atoms with Gasteiger partial charge in [-0.2, -0.15) is 5.10 Å². The van der Waals surface area contributed by atoms with Crippen molar-refractivity contribution < 1.29 is 4.74 Å². The molecule has 2 rings (SSSR count). The molecule has 6 nitrogen and oxygen atoms in total. The number of anilines is 1. The number of likely N-dealkylation sites (N-methyl/N-ethyl adjacent to an activating group) is 1. The van der Waals surface area contributed by atoms with Gasteiger partial charge in [-0.15, -0.1) is 0 Å². The number of nitrogens with zero attached hydrogens (tertiary/aromatic N) is 3. The average Bonchev–Trinajstić information content (AvgIpc) is 2.50. The van der Waals surface area contributed by atoms with Gasteiger partial charge in [-0.3, -0.25) is 4.79 Å². The number of hydrogen-bond donors (Lipinski definition) is 1. The maximum absolute atomic E-state index is 12.2. The lowest BCUT2D eigenvalue weighted by Crippen LogP contribution is -2.39. The largest absolute Gasteiger partial charge is 0.378 e. The van der Waals surface area contributed by atoms with Crippen LogP contribution >= 0.6 is 0 Å². The monoisotopic (exact) mass is 294 g/mol. The second-order valence-corrected chi connectivity index (χ2v) is 5.38. The highest BCUT2D eigenvalue weighted by Gasteiger charge is 2.14. The molecule has 1 fully saturated rings. The van der Waals surface area contributed by atoms with E-state index in [1.165, 1.54) is 0 Å². The Bertz CT molecular complexity index is 477. The minimum absolute atomic E-state index is 0.0296. The van der Waals surface area contributed by atoms with E-state index in [9.17, 15) is 4.79 Å². The Morgan fingerprint density at radius 3 is 2.76 bits per heavy atom. The zero-order valence-electron chi connectivity index (χ0n) is 13.0. The minimum Gasteiger partial charge on any atom is -0.378 e. The van der Waals surface area contributed by atoms with Crippen LogP contribution in [0.15, 0.2) is 17.1 Å². The molecule has 1 aromatic rings. The van der Waals surface area contributed by atoms with Crippen LogP contribution in [0.5, 0.6) is 0 Å². The van der Waals surface area contributed by atoms with Gasteiger partial charge < -0.3 is 15.0 Å². The smallest absolute Gasteiger partial charge is 0.268 e. The fraction of sp³-hybridized carbons (Fsp3) is 0.733. The third-order valence-electron chi connectivity index (χ3n) is 3.75. The minimum atomic E-state index is -0.0296. The summed E-state index contributed by atoms with van der Waals surface area (Å²) in [5.74, 6) is 0. The molecule has 1 N–H and O–H groups in total. The predicted octanol–water partition coefficient (Wildman–Crippen LogP) is 0.858. The molecule has 0 radical (unpaired) electrons. The molecule has 1 aliphatic heterocycles. The highest BCUT2D eigenvalue weighted by atomic mass is 16.5. The normalized spacial score (nSPS) is 17.0. The Morgan fingerprint density at radius 1 is 1.38 bits per heavy atom. The van der Waals surface area contributed by atoms with Crippen LogP contribution in [-0.2, 0) is 11.3 Å². The van der Waals surface area contributed by atoms with Gasteiger partial charge in [-0.05, 0) is 13.0 Å². The lowest BCUT2D eigenvalue weighted by atomic mass is 10.1. The summed E-state index contributed by atoms with van der Waals surface area (Å²) in [6.45, 7) is 8.84. The molecule has 0 aliphatic carbocycles. The SMILES string of the molecule is CCCC(Cn1ncc(N2CCOCC2)cc1=O)NCC. The fourth-order valence-corrected chi connectivity index (χ4v) is 2.66. The highest BCUT2D eigenvalue weighted by Crippen LogP contribution is 2.11.